The number of carbonyl (C=O) groups excluding carboxylic acids is 1. The molecule has 208 valence electrons. The molecule has 38 heavy (non-hydrogen) atoms. The maximum atomic E-state index is 9.92. The molecule has 0 aliphatic carbocycles. The zero-order valence-electron chi connectivity index (χ0n) is 21.7. The molecule has 0 bridgehead atoms. The van der Waals surface area contributed by atoms with E-state index < -0.39 is 0 Å². The lowest BCUT2D eigenvalue weighted by molar-refractivity contribution is -0.169. The van der Waals surface area contributed by atoms with Crippen LogP contribution >= 0.6 is 47.8 Å². The summed E-state index contributed by atoms with van der Waals surface area (Å²) in [5.74, 6) is 0. The third kappa shape index (κ3) is 17.2. The van der Waals surface area contributed by atoms with E-state index >= 15 is 0 Å². The first-order valence-electron chi connectivity index (χ1n) is 12.1. The molecule has 1 N–H and O–H groups in total. The normalized spacial score (nSPS) is 10.3. The van der Waals surface area contributed by atoms with E-state index in [-0.39, 0.29) is 19.5 Å². The van der Waals surface area contributed by atoms with Crippen molar-refractivity contribution in [2.75, 3.05) is 26.4 Å². The quantitative estimate of drug-likeness (QED) is 0.112. The van der Waals surface area contributed by atoms with Crippen LogP contribution in [0.5, 0.6) is 0 Å². The SMILES string of the molecule is CCOC(COCc1ccc(Br)cc1)OCC.O=CCOCc1ccc(Br)cc1.OCc1ccc(Br)cc1. The van der Waals surface area contributed by atoms with Crippen molar-refractivity contribution in [3.63, 3.8) is 0 Å². The smallest absolute Gasteiger partial charge is 0.180 e. The average molecular weight is 719 g/mol. The zero-order valence-corrected chi connectivity index (χ0v) is 26.4. The van der Waals surface area contributed by atoms with Crippen molar-refractivity contribution in [1.29, 1.82) is 0 Å². The van der Waals surface area contributed by atoms with Gasteiger partial charge in [-0.2, -0.15) is 0 Å². The van der Waals surface area contributed by atoms with Crippen molar-refractivity contribution in [1.82, 2.24) is 0 Å². The molecule has 0 spiro atoms. The van der Waals surface area contributed by atoms with Crippen LogP contribution < -0.4 is 0 Å². The Hall–Kier alpha value is -1.43. The van der Waals surface area contributed by atoms with Crippen molar-refractivity contribution in [2.45, 2.75) is 40.0 Å². The Morgan fingerprint density at radius 3 is 1.45 bits per heavy atom. The number of aliphatic hydroxyl groups excluding tert-OH is 1. The van der Waals surface area contributed by atoms with Crippen LogP contribution in [0.2, 0.25) is 0 Å². The fourth-order valence-electron chi connectivity index (χ4n) is 2.77. The van der Waals surface area contributed by atoms with E-state index in [1.807, 2.05) is 86.6 Å². The second kappa shape index (κ2) is 22.4. The average Bonchev–Trinajstić information content (AvgIpc) is 2.92. The molecule has 0 unspecified atom stereocenters. The Bertz CT molecular complexity index is 977. The molecule has 0 aromatic heterocycles. The Balaban J connectivity index is 0.000000300. The van der Waals surface area contributed by atoms with Crippen LogP contribution in [-0.2, 0) is 43.6 Å². The maximum Gasteiger partial charge on any atom is 0.180 e. The third-order valence-corrected chi connectivity index (χ3v) is 6.19. The Morgan fingerprint density at radius 2 is 1.08 bits per heavy atom. The summed E-state index contributed by atoms with van der Waals surface area (Å²) in [4.78, 5) is 9.92. The first-order valence-corrected chi connectivity index (χ1v) is 14.5. The number of hydrogen-bond acceptors (Lipinski definition) is 6. The fraction of sp³-hybridized carbons (Fsp3) is 0.345. The highest BCUT2D eigenvalue weighted by molar-refractivity contribution is 9.11. The number of hydrogen-bond donors (Lipinski definition) is 1. The molecule has 0 radical (unpaired) electrons. The predicted molar refractivity (Wildman–Crippen MR) is 161 cm³/mol. The van der Waals surface area contributed by atoms with Crippen molar-refractivity contribution in [3.05, 3.63) is 103 Å². The van der Waals surface area contributed by atoms with E-state index in [2.05, 4.69) is 47.8 Å². The number of benzene rings is 3. The van der Waals surface area contributed by atoms with Gasteiger partial charge in [0.1, 0.15) is 12.9 Å². The van der Waals surface area contributed by atoms with Crippen LogP contribution in [-0.4, -0.2) is 44.1 Å². The summed E-state index contributed by atoms with van der Waals surface area (Å²) in [6.45, 7) is 6.96. The summed E-state index contributed by atoms with van der Waals surface area (Å²) in [6.07, 6.45) is 0.485. The van der Waals surface area contributed by atoms with E-state index in [0.29, 0.717) is 33.0 Å². The molecule has 0 aliphatic heterocycles. The van der Waals surface area contributed by atoms with Crippen LogP contribution in [0.1, 0.15) is 30.5 Å². The Kier molecular flexibility index (Phi) is 20.4. The van der Waals surface area contributed by atoms with E-state index in [0.717, 1.165) is 36.4 Å². The molecule has 3 aromatic rings. The molecule has 3 aromatic carbocycles. The van der Waals surface area contributed by atoms with Crippen molar-refractivity contribution < 1.29 is 28.8 Å². The lowest BCUT2D eigenvalue weighted by Crippen LogP contribution is -2.23. The van der Waals surface area contributed by atoms with Gasteiger partial charge in [-0.25, -0.2) is 0 Å². The van der Waals surface area contributed by atoms with Crippen molar-refractivity contribution in [2.24, 2.45) is 0 Å². The number of aliphatic hydroxyl groups is 1. The lowest BCUT2D eigenvalue weighted by atomic mass is 10.2. The summed E-state index contributed by atoms with van der Waals surface area (Å²) < 4.78 is 24.5. The summed E-state index contributed by atoms with van der Waals surface area (Å²) >= 11 is 10.0. The molecular weight excluding hydrogens is 684 g/mol. The second-order valence-corrected chi connectivity index (χ2v) is 10.3. The van der Waals surface area contributed by atoms with E-state index in [1.165, 1.54) is 0 Å². The molecule has 9 heteroatoms. The molecule has 0 saturated carbocycles. The second-order valence-electron chi connectivity index (χ2n) is 7.57. The van der Waals surface area contributed by atoms with Gasteiger partial charge in [0.25, 0.3) is 0 Å². The largest absolute Gasteiger partial charge is 0.392 e. The molecule has 6 nitrogen and oxygen atoms in total. The summed E-state index contributed by atoms with van der Waals surface area (Å²) in [5, 5.41) is 8.61. The minimum Gasteiger partial charge on any atom is -0.392 e. The highest BCUT2D eigenvalue weighted by Crippen LogP contribution is 2.12. The first-order chi connectivity index (χ1) is 18.4. The minimum absolute atomic E-state index is 0.118. The number of aldehydes is 1. The van der Waals surface area contributed by atoms with Gasteiger partial charge in [0.05, 0.1) is 26.4 Å². The topological polar surface area (TPSA) is 74.2 Å². The molecule has 0 amide bonds. The van der Waals surface area contributed by atoms with Gasteiger partial charge < -0.3 is 28.8 Å². The number of halogens is 3. The predicted octanol–water partition coefficient (Wildman–Crippen LogP) is 7.47. The van der Waals surface area contributed by atoms with Gasteiger partial charge in [-0.15, -0.1) is 0 Å². The van der Waals surface area contributed by atoms with Crippen LogP contribution in [0.25, 0.3) is 0 Å². The van der Waals surface area contributed by atoms with Crippen molar-refractivity contribution in [3.8, 4) is 0 Å². The van der Waals surface area contributed by atoms with Crippen LogP contribution in [0.4, 0.5) is 0 Å². The standard InChI is InChI=1S/C13H19BrO3.C9H9BrO2.C7H7BrO/c1-3-16-13(17-4-2)10-15-9-11-5-7-12(14)8-6-11;10-9-3-1-8(2-4-9)7-12-6-5-11;8-7-3-1-6(5-9)2-4-7/h5-8,13H,3-4,9-10H2,1-2H3;1-5H,6-7H2;1-4,9H,5H2. The first kappa shape index (κ1) is 34.6. The number of carbonyl (C=O) groups is 1. The minimum atomic E-state index is -0.263. The van der Waals surface area contributed by atoms with Crippen LogP contribution in [0, 0.1) is 0 Å². The van der Waals surface area contributed by atoms with Crippen LogP contribution in [0.15, 0.2) is 86.2 Å². The van der Waals surface area contributed by atoms with Gasteiger partial charge in [-0.1, -0.05) is 84.2 Å². The van der Waals surface area contributed by atoms with E-state index in [1.54, 1.807) is 0 Å². The zero-order chi connectivity index (χ0) is 28.0. The molecular formula is C29H35Br3O6. The number of ether oxygens (including phenoxy) is 4. The molecule has 3 rings (SSSR count). The molecule has 0 atom stereocenters. The third-order valence-electron chi connectivity index (χ3n) is 4.60. The van der Waals surface area contributed by atoms with E-state index in [4.69, 9.17) is 24.1 Å². The van der Waals surface area contributed by atoms with Crippen LogP contribution in [0.3, 0.4) is 0 Å². The molecule has 0 fully saturated rings. The van der Waals surface area contributed by atoms with Gasteiger partial charge in [0.2, 0.25) is 0 Å². The fourth-order valence-corrected chi connectivity index (χ4v) is 3.56. The summed E-state index contributed by atoms with van der Waals surface area (Å²) in [5.41, 5.74) is 3.15. The highest BCUT2D eigenvalue weighted by Gasteiger charge is 2.07. The van der Waals surface area contributed by atoms with Gasteiger partial charge in [0.15, 0.2) is 6.29 Å². The van der Waals surface area contributed by atoms with Gasteiger partial charge in [0, 0.05) is 26.6 Å². The van der Waals surface area contributed by atoms with Gasteiger partial charge >= 0.3 is 0 Å². The van der Waals surface area contributed by atoms with Crippen molar-refractivity contribution >= 4 is 54.1 Å². The Morgan fingerprint density at radius 1 is 0.684 bits per heavy atom. The molecule has 0 saturated heterocycles. The number of rotatable bonds is 13. The van der Waals surface area contributed by atoms with E-state index in [9.17, 15) is 4.79 Å². The molecule has 0 aliphatic rings. The summed E-state index contributed by atoms with van der Waals surface area (Å²) in [6, 6.07) is 23.4. The lowest BCUT2D eigenvalue weighted by Gasteiger charge is -2.16. The Labute approximate surface area is 251 Å². The molecule has 0 heterocycles. The monoisotopic (exact) mass is 716 g/mol. The van der Waals surface area contributed by atoms with Gasteiger partial charge in [-0.3, -0.25) is 0 Å². The highest BCUT2D eigenvalue weighted by atomic mass is 79.9. The maximum absolute atomic E-state index is 9.92. The summed E-state index contributed by atoms with van der Waals surface area (Å²) in [7, 11) is 0. The van der Waals surface area contributed by atoms with Gasteiger partial charge in [-0.05, 0) is 66.9 Å².